The molecule has 0 saturated heterocycles. The van der Waals surface area contributed by atoms with E-state index in [4.69, 9.17) is 23.9 Å². The molecule has 26 heteroatoms. The highest BCUT2D eigenvalue weighted by atomic mass is 19.4. The monoisotopic (exact) mass is 1300 g/mol. The molecular weight excluding hydrogens is 1220 g/mol. The molecule has 93 heavy (non-hydrogen) atoms. The van der Waals surface area contributed by atoms with Crippen molar-refractivity contribution in [2.24, 2.45) is 29.6 Å². The summed E-state index contributed by atoms with van der Waals surface area (Å²) in [5, 5.41) is 19.6. The number of aromatic nitrogens is 2. The van der Waals surface area contributed by atoms with E-state index in [1.807, 2.05) is 0 Å². The third kappa shape index (κ3) is 15.8. The SMILES string of the molecule is CC[C@@]1(O)C(=O)OCc2c1cc1n(c2=O)Cc2c-1nc1cc(F)c(C)c3c1c2[C@@H](N(C)C(=O)C(OCCC(=O)CNC(=O)[C@@H](CC(=O)CNC(=O)CCC(=O)COCCOCCNC(=O)C1CCC(CC2C(=O)CC(C)C2=O)CC1)Cc1ccccc1)C(F)(F)F)CC3. The number of ketones is 5. The first kappa shape index (κ1) is 69.4. The van der Waals surface area contributed by atoms with Gasteiger partial charge in [-0.15, -0.1) is 0 Å². The first-order chi connectivity index (χ1) is 44.3. The number of alkyl halides is 3. The summed E-state index contributed by atoms with van der Waals surface area (Å²) in [4.78, 5) is 149. The minimum Gasteiger partial charge on any atom is -0.458 e. The standard InChI is InChI=1S/C67H78F4N6O16/c1-5-66(89)49-29-53-58-47(33-77(53)63(86)48(49)35-93-65(66)88)57-52(17-16-45-37(3)50(68)30-51(75-58)56(45)57)76(4)64(87)60(67(69,70)71)92-21-19-42(78)31-74-62(85)41(26-38-9-7-6-8-10-38)28-44(80)32-73-55(82)18-15-43(79)34-91-24-23-90-22-20-72-61(84)40-13-11-39(12-14-40)27-46-54(81)25-36(2)59(46)83/h6-10,29-30,36,39-41,46,52,60,89H,5,11-28,31-35H2,1-4H3,(H,72,84)(H,73,82)(H,74,85)/t36?,39?,40?,41-,46?,52+,60?,66+/m1/s1. The molecule has 500 valence electrons. The van der Waals surface area contributed by atoms with E-state index >= 15 is 4.39 Å². The zero-order valence-electron chi connectivity index (χ0n) is 52.5. The number of esters is 1. The van der Waals surface area contributed by atoms with E-state index in [1.54, 1.807) is 44.2 Å². The molecule has 2 aromatic carbocycles. The van der Waals surface area contributed by atoms with Gasteiger partial charge in [0.05, 0.1) is 80.5 Å². The van der Waals surface area contributed by atoms with Gasteiger partial charge in [-0.2, -0.15) is 13.2 Å². The van der Waals surface area contributed by atoms with E-state index in [0.717, 1.165) is 24.8 Å². The number of hydrogen-bond donors (Lipinski definition) is 4. The van der Waals surface area contributed by atoms with E-state index < -0.39 is 115 Å². The Morgan fingerprint density at radius 2 is 1.58 bits per heavy atom. The van der Waals surface area contributed by atoms with E-state index in [1.165, 1.54) is 23.6 Å². The number of nitrogens with zero attached hydrogens (tertiary/aromatic N) is 3. The van der Waals surface area contributed by atoms with Gasteiger partial charge < -0.3 is 49.5 Å². The van der Waals surface area contributed by atoms with Crippen LogP contribution in [0.4, 0.5) is 17.6 Å². The van der Waals surface area contributed by atoms with E-state index in [-0.39, 0.29) is 159 Å². The third-order valence-electron chi connectivity index (χ3n) is 18.8. The lowest BCUT2D eigenvalue weighted by Crippen LogP contribution is -2.48. The Bertz CT molecular complexity index is 3640. The number of halogens is 4. The minimum absolute atomic E-state index is 0.00950. The second-order valence-corrected chi connectivity index (χ2v) is 25.0. The van der Waals surface area contributed by atoms with Crippen molar-refractivity contribution in [1.29, 1.82) is 0 Å². The van der Waals surface area contributed by atoms with Gasteiger partial charge in [0.15, 0.2) is 23.0 Å². The van der Waals surface area contributed by atoms with E-state index in [0.29, 0.717) is 53.3 Å². The average Bonchev–Trinajstić information content (AvgIpc) is 1.63. The summed E-state index contributed by atoms with van der Waals surface area (Å²) in [6.07, 6.45) is -5.98. The molecule has 2 saturated carbocycles. The lowest BCUT2D eigenvalue weighted by molar-refractivity contribution is -0.224. The Hall–Kier alpha value is -7.94. The average molecular weight is 1300 g/mol. The zero-order valence-corrected chi connectivity index (χ0v) is 52.5. The summed E-state index contributed by atoms with van der Waals surface area (Å²) in [6, 6.07) is 10.1. The third-order valence-corrected chi connectivity index (χ3v) is 18.8. The highest BCUT2D eigenvalue weighted by molar-refractivity contribution is 6.09. The fraction of sp³-hybridized carbons (Fsp3) is 0.552. The van der Waals surface area contributed by atoms with Gasteiger partial charge in [0.2, 0.25) is 23.8 Å². The fourth-order valence-electron chi connectivity index (χ4n) is 13.5. The van der Waals surface area contributed by atoms with Crippen LogP contribution in [0.5, 0.6) is 0 Å². The Balaban J connectivity index is 0.706. The number of carbonyl (C=O) groups is 10. The molecule has 4 amide bonds. The number of likely N-dealkylation sites (N-methyl/N-ethyl adjacent to an activating group) is 1. The topological polar surface area (TPSA) is 302 Å². The van der Waals surface area contributed by atoms with Crippen LogP contribution in [-0.2, 0) is 98.5 Å². The highest BCUT2D eigenvalue weighted by Gasteiger charge is 2.50. The van der Waals surface area contributed by atoms with Gasteiger partial charge in [-0.25, -0.2) is 14.2 Å². The molecule has 9 rings (SSSR count). The lowest BCUT2D eigenvalue weighted by Gasteiger charge is -2.37. The quantitative estimate of drug-likeness (QED) is 0.0193. The minimum atomic E-state index is -5.29. The summed E-state index contributed by atoms with van der Waals surface area (Å²) in [5.41, 5.74) is -0.184. The number of carbonyl (C=O) groups excluding carboxylic acids is 10. The molecule has 22 nitrogen and oxygen atoms in total. The molecule has 2 aromatic heterocycles. The molecule has 6 atom stereocenters. The highest BCUT2D eigenvalue weighted by Crippen LogP contribution is 2.48. The van der Waals surface area contributed by atoms with Gasteiger partial charge in [0.1, 0.15) is 30.6 Å². The molecule has 3 unspecified atom stereocenters. The number of benzene rings is 2. The van der Waals surface area contributed by atoms with Gasteiger partial charge in [-0.05, 0) is 98.9 Å². The van der Waals surface area contributed by atoms with Gasteiger partial charge in [0.25, 0.3) is 11.5 Å². The van der Waals surface area contributed by atoms with Crippen molar-refractivity contribution in [1.82, 2.24) is 30.4 Å². The lowest BCUT2D eigenvalue weighted by atomic mass is 9.77. The van der Waals surface area contributed by atoms with Gasteiger partial charge in [-0.3, -0.25) is 47.9 Å². The van der Waals surface area contributed by atoms with Crippen LogP contribution >= 0.6 is 0 Å². The first-order valence-corrected chi connectivity index (χ1v) is 31.7. The number of Topliss-reactive ketones (excluding diaryl/α,β-unsaturated/α-hetero) is 5. The molecule has 4 heterocycles. The molecule has 4 N–H and O–H groups in total. The van der Waals surface area contributed by atoms with Crippen molar-refractivity contribution in [2.45, 2.75) is 148 Å². The molecule has 4 aromatic rings. The van der Waals surface area contributed by atoms with Gasteiger partial charge in [-0.1, -0.05) is 44.2 Å². The van der Waals surface area contributed by atoms with Crippen molar-refractivity contribution < 1.29 is 89.6 Å². The Morgan fingerprint density at radius 3 is 2.28 bits per heavy atom. The predicted octanol–water partition coefficient (Wildman–Crippen LogP) is 5.42. The molecule has 0 radical (unpaired) electrons. The maximum Gasteiger partial charge on any atom is 0.423 e. The number of fused-ring (bicyclic) bond motifs is 5. The van der Waals surface area contributed by atoms with Crippen LogP contribution in [0.2, 0.25) is 0 Å². The van der Waals surface area contributed by atoms with Crippen LogP contribution < -0.4 is 21.5 Å². The van der Waals surface area contributed by atoms with Crippen molar-refractivity contribution in [3.63, 3.8) is 0 Å². The molecule has 0 bridgehead atoms. The van der Waals surface area contributed by atoms with Crippen LogP contribution in [0.3, 0.4) is 0 Å². The molecular formula is C67H78F4N6O16. The number of rotatable bonds is 30. The van der Waals surface area contributed by atoms with Gasteiger partial charge in [0, 0.05) is 86.0 Å². The van der Waals surface area contributed by atoms with Crippen molar-refractivity contribution in [2.75, 3.05) is 59.7 Å². The summed E-state index contributed by atoms with van der Waals surface area (Å²) >= 11 is 0. The predicted molar refractivity (Wildman–Crippen MR) is 324 cm³/mol. The number of hydrogen-bond acceptors (Lipinski definition) is 17. The van der Waals surface area contributed by atoms with E-state index in [2.05, 4.69) is 16.0 Å². The van der Waals surface area contributed by atoms with Crippen LogP contribution in [0.15, 0.2) is 47.3 Å². The maximum absolute atomic E-state index is 15.6. The number of amides is 4. The van der Waals surface area contributed by atoms with Crippen LogP contribution in [-0.4, -0.2) is 150 Å². The number of nitrogens with one attached hydrogen (secondary N) is 3. The molecule has 2 aliphatic heterocycles. The second kappa shape index (κ2) is 30.0. The number of cyclic esters (lactones) is 1. The van der Waals surface area contributed by atoms with Crippen LogP contribution in [0, 0.1) is 42.3 Å². The van der Waals surface area contributed by atoms with Crippen LogP contribution in [0.25, 0.3) is 22.3 Å². The first-order valence-electron chi connectivity index (χ1n) is 31.7. The van der Waals surface area contributed by atoms with Crippen LogP contribution in [0.1, 0.15) is 136 Å². The van der Waals surface area contributed by atoms with Crippen molar-refractivity contribution in [3.8, 4) is 11.4 Å². The number of pyridine rings is 2. The number of ether oxygens (including phenoxy) is 4. The molecule has 3 aliphatic carbocycles. The molecule has 0 spiro atoms. The summed E-state index contributed by atoms with van der Waals surface area (Å²) in [5.74, 6) is -7.78. The van der Waals surface area contributed by atoms with E-state index in [9.17, 15) is 71.0 Å². The summed E-state index contributed by atoms with van der Waals surface area (Å²) < 4.78 is 82.9. The fourth-order valence-corrected chi connectivity index (χ4v) is 13.5. The normalized spacial score (nSPS) is 21.3. The zero-order chi connectivity index (χ0) is 67.1. The largest absolute Gasteiger partial charge is 0.458 e. The Kier molecular flexibility index (Phi) is 22.4. The van der Waals surface area contributed by atoms with Gasteiger partial charge >= 0.3 is 12.1 Å². The second-order valence-electron chi connectivity index (χ2n) is 25.0. The smallest absolute Gasteiger partial charge is 0.423 e. The summed E-state index contributed by atoms with van der Waals surface area (Å²) in [6.45, 7) is 2.66. The Morgan fingerprint density at radius 1 is 0.860 bits per heavy atom. The number of aryl methyl sites for hydroxylation is 1. The number of aliphatic hydroxyl groups is 1. The van der Waals surface area contributed by atoms with Crippen molar-refractivity contribution in [3.05, 3.63) is 97.6 Å². The maximum atomic E-state index is 15.6. The molecule has 2 fully saturated rings. The Labute approximate surface area is 533 Å². The molecule has 5 aliphatic rings. The van der Waals surface area contributed by atoms with Crippen molar-refractivity contribution >= 4 is 69.4 Å². The summed E-state index contributed by atoms with van der Waals surface area (Å²) in [7, 11) is 1.16.